The molecule has 6 nitrogen and oxygen atoms in total. The van der Waals surface area contributed by atoms with Crippen molar-refractivity contribution in [2.45, 2.75) is 349 Å². The number of hydrogen-bond acceptors (Lipinski definition) is 6. The van der Waals surface area contributed by atoms with Crippen LogP contribution < -0.4 is 0 Å². The molecule has 0 unspecified atom stereocenters. The Bertz CT molecular complexity index is 1020. The van der Waals surface area contributed by atoms with Gasteiger partial charge in [-0.3, -0.25) is 14.4 Å². The first-order chi connectivity index (χ1) is 32.7. The molecule has 0 amide bonds. The first-order valence-electron chi connectivity index (χ1n) is 30.2. The minimum Gasteiger partial charge on any atom is -0.462 e. The van der Waals surface area contributed by atoms with Crippen LogP contribution in [0.3, 0.4) is 0 Å². The molecular weight excluding hydrogens is 829 g/mol. The molecule has 0 aromatic carbocycles. The highest BCUT2D eigenvalue weighted by molar-refractivity contribution is 5.71. The fraction of sp³-hybridized carbons (Fsp3) is 0.951. The van der Waals surface area contributed by atoms with E-state index in [1.165, 1.54) is 231 Å². The second-order valence-electron chi connectivity index (χ2n) is 21.9. The largest absolute Gasteiger partial charge is 0.462 e. The predicted octanol–water partition coefficient (Wildman–Crippen LogP) is 20.0. The van der Waals surface area contributed by atoms with E-state index in [4.69, 9.17) is 14.2 Å². The van der Waals surface area contributed by atoms with E-state index in [0.717, 1.165) is 69.6 Å². The summed E-state index contributed by atoms with van der Waals surface area (Å²) >= 11 is 0. The molecule has 0 aromatic rings. The van der Waals surface area contributed by atoms with Gasteiger partial charge in [0.1, 0.15) is 13.2 Å². The molecule has 0 fully saturated rings. The number of rotatable bonds is 55. The van der Waals surface area contributed by atoms with Gasteiger partial charge < -0.3 is 14.2 Å². The fourth-order valence-corrected chi connectivity index (χ4v) is 9.40. The van der Waals surface area contributed by atoms with Crippen molar-refractivity contribution >= 4 is 17.9 Å². The number of carbonyl (C=O) groups excluding carboxylic acids is 3. The van der Waals surface area contributed by atoms with Crippen molar-refractivity contribution in [3.05, 3.63) is 0 Å². The molecule has 1 atom stereocenters. The van der Waals surface area contributed by atoms with E-state index in [1.807, 2.05) is 0 Å². The van der Waals surface area contributed by atoms with E-state index in [2.05, 4.69) is 34.6 Å². The van der Waals surface area contributed by atoms with Gasteiger partial charge in [0.05, 0.1) is 0 Å². The second kappa shape index (κ2) is 53.8. The van der Waals surface area contributed by atoms with Gasteiger partial charge in [-0.15, -0.1) is 0 Å². The zero-order chi connectivity index (χ0) is 48.9. The van der Waals surface area contributed by atoms with E-state index < -0.39 is 6.10 Å². The molecule has 0 spiro atoms. The summed E-state index contributed by atoms with van der Waals surface area (Å²) in [6, 6.07) is 0. The van der Waals surface area contributed by atoms with E-state index in [9.17, 15) is 14.4 Å². The summed E-state index contributed by atoms with van der Waals surface area (Å²) in [6.07, 6.45) is 58.1. The van der Waals surface area contributed by atoms with Crippen molar-refractivity contribution in [2.75, 3.05) is 13.2 Å². The van der Waals surface area contributed by atoms with Crippen molar-refractivity contribution in [1.82, 2.24) is 0 Å². The summed E-state index contributed by atoms with van der Waals surface area (Å²) in [4.78, 5) is 38.2. The Kier molecular flexibility index (Phi) is 52.5. The van der Waals surface area contributed by atoms with Crippen LogP contribution in [-0.2, 0) is 28.6 Å². The maximum Gasteiger partial charge on any atom is 0.306 e. The Labute approximate surface area is 418 Å². The number of hydrogen-bond donors (Lipinski definition) is 0. The van der Waals surface area contributed by atoms with Crippen molar-refractivity contribution in [2.24, 2.45) is 11.8 Å². The zero-order valence-corrected chi connectivity index (χ0v) is 46.0. The highest BCUT2D eigenvalue weighted by atomic mass is 16.6. The van der Waals surface area contributed by atoms with Crippen LogP contribution in [-0.4, -0.2) is 37.2 Å². The van der Waals surface area contributed by atoms with Crippen molar-refractivity contribution in [3.63, 3.8) is 0 Å². The summed E-state index contributed by atoms with van der Waals surface area (Å²) in [7, 11) is 0. The van der Waals surface area contributed by atoms with Crippen LogP contribution in [0.25, 0.3) is 0 Å². The molecule has 67 heavy (non-hydrogen) atoms. The van der Waals surface area contributed by atoms with Crippen LogP contribution in [0.2, 0.25) is 0 Å². The lowest BCUT2D eigenvalue weighted by molar-refractivity contribution is -0.167. The van der Waals surface area contributed by atoms with Gasteiger partial charge in [-0.2, -0.15) is 0 Å². The molecule has 6 heteroatoms. The normalized spacial score (nSPS) is 12.0. The summed E-state index contributed by atoms with van der Waals surface area (Å²) in [5, 5.41) is 0. The third-order valence-corrected chi connectivity index (χ3v) is 14.0. The van der Waals surface area contributed by atoms with Crippen LogP contribution in [0.15, 0.2) is 0 Å². The SMILES string of the molecule is CCCCCCCCCCCCCC(=O)OC[C@@H](COC(=O)CCCCCCCCCCCCCCCCC(C)C)OC(=O)CCCCCCCCCCCCCCCCCCCCC(C)C. The monoisotopic (exact) mass is 947 g/mol. The van der Waals surface area contributed by atoms with Crippen molar-refractivity contribution in [3.8, 4) is 0 Å². The van der Waals surface area contributed by atoms with Crippen molar-refractivity contribution < 1.29 is 28.6 Å². The molecule has 0 saturated carbocycles. The van der Waals surface area contributed by atoms with Gasteiger partial charge in [-0.25, -0.2) is 0 Å². The summed E-state index contributed by atoms with van der Waals surface area (Å²) < 4.78 is 16.9. The van der Waals surface area contributed by atoms with E-state index in [0.29, 0.717) is 19.3 Å². The summed E-state index contributed by atoms with van der Waals surface area (Å²) in [5.74, 6) is 0.867. The van der Waals surface area contributed by atoms with Gasteiger partial charge in [0.25, 0.3) is 0 Å². The molecule has 0 aliphatic heterocycles. The third-order valence-electron chi connectivity index (χ3n) is 14.0. The summed E-state index contributed by atoms with van der Waals surface area (Å²) in [6.45, 7) is 11.4. The van der Waals surface area contributed by atoms with Crippen LogP contribution in [0.5, 0.6) is 0 Å². The number of esters is 3. The lowest BCUT2D eigenvalue weighted by Crippen LogP contribution is -2.30. The molecule has 0 bridgehead atoms. The molecule has 0 N–H and O–H groups in total. The smallest absolute Gasteiger partial charge is 0.306 e. The Morgan fingerprint density at radius 3 is 0.731 bits per heavy atom. The standard InChI is InChI=1S/C61H118O6/c1-6-7-8-9-10-11-24-31-36-41-46-51-59(62)65-54-58(55-66-60(63)52-47-42-37-32-27-22-19-18-21-26-30-35-40-45-50-57(4)5)67-61(64)53-48-43-38-33-28-23-17-15-13-12-14-16-20-25-29-34-39-44-49-56(2)3/h56-58H,6-55H2,1-5H3/t58-/m0/s1. The van der Waals surface area contributed by atoms with E-state index in [-0.39, 0.29) is 31.1 Å². The second-order valence-corrected chi connectivity index (χ2v) is 21.9. The van der Waals surface area contributed by atoms with E-state index in [1.54, 1.807) is 0 Å². The quantitative estimate of drug-likeness (QED) is 0.0343. The number of unbranched alkanes of at least 4 members (excludes halogenated alkanes) is 40. The molecule has 0 saturated heterocycles. The van der Waals surface area contributed by atoms with Crippen LogP contribution >= 0.6 is 0 Å². The zero-order valence-electron chi connectivity index (χ0n) is 46.0. The van der Waals surface area contributed by atoms with Crippen LogP contribution in [0.1, 0.15) is 343 Å². The predicted molar refractivity (Wildman–Crippen MR) is 289 cm³/mol. The molecule has 0 radical (unpaired) electrons. The Morgan fingerprint density at radius 2 is 0.493 bits per heavy atom. The van der Waals surface area contributed by atoms with Crippen LogP contribution in [0.4, 0.5) is 0 Å². The lowest BCUT2D eigenvalue weighted by Gasteiger charge is -2.18. The molecule has 0 heterocycles. The van der Waals surface area contributed by atoms with Gasteiger partial charge in [-0.05, 0) is 31.1 Å². The third kappa shape index (κ3) is 55.2. The lowest BCUT2D eigenvalue weighted by atomic mass is 10.0. The van der Waals surface area contributed by atoms with Gasteiger partial charge in [0.15, 0.2) is 6.10 Å². The van der Waals surface area contributed by atoms with E-state index >= 15 is 0 Å². The Morgan fingerprint density at radius 1 is 0.284 bits per heavy atom. The minimum atomic E-state index is -0.762. The molecule has 0 rings (SSSR count). The maximum absolute atomic E-state index is 12.9. The topological polar surface area (TPSA) is 78.9 Å². The van der Waals surface area contributed by atoms with Crippen LogP contribution in [0, 0.1) is 11.8 Å². The number of ether oxygens (including phenoxy) is 3. The van der Waals surface area contributed by atoms with Gasteiger partial charge in [0, 0.05) is 19.3 Å². The maximum atomic E-state index is 12.9. The summed E-state index contributed by atoms with van der Waals surface area (Å²) in [5.41, 5.74) is 0. The minimum absolute atomic E-state index is 0.0623. The van der Waals surface area contributed by atoms with Gasteiger partial charge in [0.2, 0.25) is 0 Å². The average molecular weight is 948 g/mol. The Balaban J connectivity index is 4.23. The van der Waals surface area contributed by atoms with Gasteiger partial charge >= 0.3 is 17.9 Å². The van der Waals surface area contributed by atoms with Crippen molar-refractivity contribution in [1.29, 1.82) is 0 Å². The molecular formula is C61H118O6. The van der Waals surface area contributed by atoms with Gasteiger partial charge in [-0.1, -0.05) is 304 Å². The highest BCUT2D eigenvalue weighted by Crippen LogP contribution is 2.19. The first-order valence-corrected chi connectivity index (χ1v) is 30.2. The molecule has 0 aromatic heterocycles. The molecule has 0 aliphatic carbocycles. The molecule has 398 valence electrons. The average Bonchev–Trinajstić information content (AvgIpc) is 3.30. The number of carbonyl (C=O) groups is 3. The Hall–Kier alpha value is -1.59. The molecule has 0 aliphatic rings. The first kappa shape index (κ1) is 65.4. The fourth-order valence-electron chi connectivity index (χ4n) is 9.40. The highest BCUT2D eigenvalue weighted by Gasteiger charge is 2.19.